The summed E-state index contributed by atoms with van der Waals surface area (Å²) in [6.45, 7) is 2.05. The van der Waals surface area contributed by atoms with Crippen LogP contribution in [0.1, 0.15) is 12.5 Å². The number of fused-ring (bicyclic) bond motifs is 1. The minimum Gasteiger partial charge on any atom is -0.399 e. The zero-order chi connectivity index (χ0) is 21.1. The first-order chi connectivity index (χ1) is 14.5. The number of hydrogen-bond donors (Lipinski definition) is 2. The molecule has 5 heteroatoms. The van der Waals surface area contributed by atoms with Crippen molar-refractivity contribution in [1.82, 2.24) is 0 Å². The zero-order valence-corrected chi connectivity index (χ0v) is 17.5. The molecular formula is C25H26N5+. The summed E-state index contributed by atoms with van der Waals surface area (Å²) in [6, 6.07) is 26.4. The quantitative estimate of drug-likeness (QED) is 0.219. The molecular weight excluding hydrogens is 370 g/mol. The smallest absolute Gasteiger partial charge is 0.212 e. The van der Waals surface area contributed by atoms with Crippen LogP contribution in [0.2, 0.25) is 0 Å². The van der Waals surface area contributed by atoms with Gasteiger partial charge in [0.05, 0.1) is 16.8 Å². The van der Waals surface area contributed by atoms with Crippen molar-refractivity contribution in [2.24, 2.45) is 12.1 Å². The highest BCUT2D eigenvalue weighted by molar-refractivity contribution is 6.08. The fourth-order valence-electron chi connectivity index (χ4n) is 3.51. The molecule has 3 aromatic carbocycles. The van der Waals surface area contributed by atoms with Gasteiger partial charge >= 0.3 is 0 Å². The summed E-state index contributed by atoms with van der Waals surface area (Å²) in [7, 11) is 4.03. The Labute approximate surface area is 177 Å². The number of aromatic nitrogens is 1. The van der Waals surface area contributed by atoms with E-state index in [1.165, 1.54) is 10.9 Å². The van der Waals surface area contributed by atoms with Crippen molar-refractivity contribution in [2.75, 3.05) is 23.1 Å². The minimum atomic E-state index is 0.755. The number of hydrazone groups is 1. The van der Waals surface area contributed by atoms with Crippen molar-refractivity contribution in [2.45, 2.75) is 6.92 Å². The van der Waals surface area contributed by atoms with Crippen LogP contribution in [0, 0.1) is 0 Å². The molecule has 5 nitrogen and oxygen atoms in total. The maximum absolute atomic E-state index is 5.75. The summed E-state index contributed by atoms with van der Waals surface area (Å²) >= 11 is 0. The molecule has 150 valence electrons. The number of nitrogens with zero attached hydrogens (tertiary/aromatic N) is 3. The highest BCUT2D eigenvalue weighted by atomic mass is 15.4. The lowest BCUT2D eigenvalue weighted by Crippen LogP contribution is -2.29. The number of nitrogens with one attached hydrogen (secondary N) is 1. The number of anilines is 4. The van der Waals surface area contributed by atoms with Gasteiger partial charge in [-0.1, -0.05) is 12.1 Å². The molecule has 0 amide bonds. The Kier molecular flexibility index (Phi) is 5.35. The van der Waals surface area contributed by atoms with Crippen molar-refractivity contribution < 1.29 is 4.57 Å². The Morgan fingerprint density at radius 3 is 2.23 bits per heavy atom. The van der Waals surface area contributed by atoms with Gasteiger partial charge in [0, 0.05) is 41.8 Å². The second kappa shape index (κ2) is 8.25. The van der Waals surface area contributed by atoms with Crippen LogP contribution in [0.15, 0.2) is 90.2 Å². The van der Waals surface area contributed by atoms with Gasteiger partial charge in [-0.05, 0) is 61.5 Å². The van der Waals surface area contributed by atoms with E-state index in [0.29, 0.717) is 0 Å². The summed E-state index contributed by atoms with van der Waals surface area (Å²) in [5, 5.41) is 11.3. The average Bonchev–Trinajstić information content (AvgIpc) is 2.76. The largest absolute Gasteiger partial charge is 0.399 e. The van der Waals surface area contributed by atoms with E-state index in [1.807, 2.05) is 48.5 Å². The van der Waals surface area contributed by atoms with Gasteiger partial charge in [-0.3, -0.25) is 5.01 Å². The second-order valence-electron chi connectivity index (χ2n) is 7.36. The number of para-hydroxylation sites is 1. The Balaban J connectivity index is 1.54. The fraction of sp³-hybridized carbons (Fsp3) is 0.120. The number of nitrogens with two attached hydrogens (primary N) is 1. The highest BCUT2D eigenvalue weighted by Crippen LogP contribution is 2.22. The second-order valence-corrected chi connectivity index (χ2v) is 7.36. The molecule has 0 atom stereocenters. The third-order valence-electron chi connectivity index (χ3n) is 5.17. The van der Waals surface area contributed by atoms with Gasteiger partial charge < -0.3 is 11.1 Å². The molecule has 0 fully saturated rings. The van der Waals surface area contributed by atoms with Gasteiger partial charge in [-0.2, -0.15) is 5.10 Å². The van der Waals surface area contributed by atoms with Crippen molar-refractivity contribution >= 4 is 39.4 Å². The van der Waals surface area contributed by atoms with E-state index in [2.05, 4.69) is 72.5 Å². The van der Waals surface area contributed by atoms with Crippen LogP contribution < -0.4 is 20.6 Å². The van der Waals surface area contributed by atoms with Crippen LogP contribution in [0.25, 0.3) is 10.9 Å². The minimum absolute atomic E-state index is 0.755. The van der Waals surface area contributed by atoms with Crippen molar-refractivity contribution in [3.8, 4) is 0 Å². The first-order valence-corrected chi connectivity index (χ1v) is 9.90. The molecule has 4 rings (SSSR count). The lowest BCUT2D eigenvalue weighted by Gasteiger charge is -2.16. The molecule has 0 saturated carbocycles. The van der Waals surface area contributed by atoms with Gasteiger partial charge in [0.25, 0.3) is 0 Å². The van der Waals surface area contributed by atoms with Crippen LogP contribution in [-0.4, -0.2) is 12.8 Å². The molecule has 0 saturated heterocycles. The molecule has 0 spiro atoms. The van der Waals surface area contributed by atoms with E-state index in [9.17, 15) is 0 Å². The average molecular weight is 397 g/mol. The van der Waals surface area contributed by atoms with Crippen LogP contribution in [-0.2, 0) is 7.05 Å². The van der Waals surface area contributed by atoms with Gasteiger partial charge in [0.2, 0.25) is 5.52 Å². The summed E-state index contributed by atoms with van der Waals surface area (Å²) < 4.78 is 2.13. The Bertz CT molecular complexity index is 1190. The number of pyridine rings is 1. The molecule has 0 bridgehead atoms. The van der Waals surface area contributed by atoms with Gasteiger partial charge in [0.15, 0.2) is 6.20 Å². The van der Waals surface area contributed by atoms with E-state index in [1.54, 1.807) is 0 Å². The van der Waals surface area contributed by atoms with E-state index < -0.39 is 0 Å². The number of benzene rings is 3. The predicted octanol–water partition coefficient (Wildman–Crippen LogP) is 4.85. The molecule has 0 radical (unpaired) electrons. The van der Waals surface area contributed by atoms with Crippen LogP contribution >= 0.6 is 0 Å². The number of nitrogen functional groups attached to an aromatic ring is 1. The SMILES string of the molecule is C/C(=N\N(C)c1ccc(Nc2ccc(N)cc2)cc1)c1cc[n+](C)c2ccccc12. The normalized spacial score (nSPS) is 11.5. The van der Waals surface area contributed by atoms with Gasteiger partial charge in [-0.15, -0.1) is 0 Å². The Morgan fingerprint density at radius 1 is 0.900 bits per heavy atom. The van der Waals surface area contributed by atoms with E-state index in [4.69, 9.17) is 10.8 Å². The molecule has 1 aromatic heterocycles. The highest BCUT2D eigenvalue weighted by Gasteiger charge is 2.12. The summed E-state index contributed by atoms with van der Waals surface area (Å²) in [5.74, 6) is 0. The van der Waals surface area contributed by atoms with Gasteiger partial charge in [-0.25, -0.2) is 4.57 Å². The third-order valence-corrected chi connectivity index (χ3v) is 5.17. The first kappa shape index (κ1) is 19.5. The molecule has 30 heavy (non-hydrogen) atoms. The lowest BCUT2D eigenvalue weighted by molar-refractivity contribution is -0.644. The topological polar surface area (TPSA) is 57.5 Å². The van der Waals surface area contributed by atoms with E-state index >= 15 is 0 Å². The molecule has 1 heterocycles. The monoisotopic (exact) mass is 396 g/mol. The summed E-state index contributed by atoms with van der Waals surface area (Å²) in [4.78, 5) is 0. The molecule has 3 N–H and O–H groups in total. The lowest BCUT2D eigenvalue weighted by atomic mass is 10.1. The van der Waals surface area contributed by atoms with Crippen LogP contribution in [0.4, 0.5) is 22.7 Å². The van der Waals surface area contributed by atoms with Crippen molar-refractivity contribution in [1.29, 1.82) is 0 Å². The van der Waals surface area contributed by atoms with Crippen LogP contribution in [0.3, 0.4) is 0 Å². The van der Waals surface area contributed by atoms with Gasteiger partial charge in [0.1, 0.15) is 7.05 Å². The molecule has 4 aromatic rings. The predicted molar refractivity (Wildman–Crippen MR) is 126 cm³/mol. The summed E-state index contributed by atoms with van der Waals surface area (Å²) in [6.07, 6.45) is 2.08. The van der Waals surface area contributed by atoms with E-state index in [0.717, 1.165) is 34.0 Å². The zero-order valence-electron chi connectivity index (χ0n) is 17.5. The number of aryl methyl sites for hydroxylation is 1. The standard InChI is InChI=1S/C25H25N5/c1-18(23-16-17-29(2)25-7-5-4-6-24(23)25)28-30(3)22-14-12-21(13-15-22)27-20-10-8-19(26)9-11-20/h4-17,26,28H,1-3H3/p+1. The number of rotatable bonds is 5. The molecule has 0 aliphatic rings. The maximum Gasteiger partial charge on any atom is 0.212 e. The first-order valence-electron chi connectivity index (χ1n) is 9.90. The summed E-state index contributed by atoms with van der Waals surface area (Å²) in [5.41, 5.74) is 12.8. The van der Waals surface area contributed by atoms with Crippen LogP contribution in [0.5, 0.6) is 0 Å². The van der Waals surface area contributed by atoms with E-state index in [-0.39, 0.29) is 0 Å². The van der Waals surface area contributed by atoms with Crippen molar-refractivity contribution in [3.63, 3.8) is 0 Å². The molecule has 0 unspecified atom stereocenters. The Hall–Kier alpha value is -3.86. The number of hydrogen-bond acceptors (Lipinski definition) is 4. The Morgan fingerprint density at radius 2 is 1.53 bits per heavy atom. The third kappa shape index (κ3) is 4.10. The maximum atomic E-state index is 5.75. The fourth-order valence-corrected chi connectivity index (χ4v) is 3.51. The molecule has 0 aliphatic heterocycles. The molecule has 0 aliphatic carbocycles. The van der Waals surface area contributed by atoms with Crippen molar-refractivity contribution in [3.05, 3.63) is 90.6 Å².